The molecule has 0 amide bonds. The summed E-state index contributed by atoms with van der Waals surface area (Å²) in [7, 11) is 1.61. The lowest BCUT2D eigenvalue weighted by Gasteiger charge is -2.36. The minimum Gasteiger partial charge on any atom is -0.481 e. The summed E-state index contributed by atoms with van der Waals surface area (Å²) in [6.07, 6.45) is 1.72. The van der Waals surface area contributed by atoms with Crippen LogP contribution in [0.3, 0.4) is 0 Å². The summed E-state index contributed by atoms with van der Waals surface area (Å²) in [5.74, 6) is 2.56. The zero-order valence-corrected chi connectivity index (χ0v) is 16.4. The number of nitrogens with zero attached hydrogens (tertiary/aromatic N) is 6. The molecule has 4 rings (SSSR count). The average molecular weight is 380 g/mol. The molecule has 0 N–H and O–H groups in total. The topological polar surface area (TPSA) is 80.4 Å². The maximum Gasteiger partial charge on any atom is 0.244 e. The van der Waals surface area contributed by atoms with Crippen LogP contribution in [-0.4, -0.2) is 58.3 Å². The molecule has 3 aromatic rings. The molecular formula is C20H24N6O2. The first-order valence-corrected chi connectivity index (χ1v) is 9.41. The maximum atomic E-state index is 5.57. The molecule has 0 bridgehead atoms. The van der Waals surface area contributed by atoms with Gasteiger partial charge in [-0.2, -0.15) is 9.97 Å². The van der Waals surface area contributed by atoms with E-state index in [9.17, 15) is 0 Å². The van der Waals surface area contributed by atoms with E-state index in [-0.39, 0.29) is 6.04 Å². The Labute approximate surface area is 164 Å². The van der Waals surface area contributed by atoms with Gasteiger partial charge in [0.15, 0.2) is 0 Å². The summed E-state index contributed by atoms with van der Waals surface area (Å²) >= 11 is 0. The van der Waals surface area contributed by atoms with Gasteiger partial charge in [0.25, 0.3) is 0 Å². The third kappa shape index (κ3) is 3.68. The van der Waals surface area contributed by atoms with Gasteiger partial charge in [0.2, 0.25) is 23.5 Å². The standard InChI is InChI=1S/C20H24N6O2/c1-14-6-4-5-7-16(14)18-23-19(28-24-18)15(2)25-10-12-26(13-11-25)20-21-9-8-17(22-20)27-3/h4-9,15H,10-13H2,1-3H3. The van der Waals surface area contributed by atoms with Gasteiger partial charge in [-0.15, -0.1) is 0 Å². The van der Waals surface area contributed by atoms with Crippen LogP contribution in [0.2, 0.25) is 0 Å². The monoisotopic (exact) mass is 380 g/mol. The van der Waals surface area contributed by atoms with Crippen molar-refractivity contribution in [3.05, 3.63) is 48.0 Å². The highest BCUT2D eigenvalue weighted by Crippen LogP contribution is 2.25. The normalized spacial score (nSPS) is 16.2. The smallest absolute Gasteiger partial charge is 0.244 e. The first-order chi connectivity index (χ1) is 13.7. The largest absolute Gasteiger partial charge is 0.481 e. The molecule has 0 spiro atoms. The molecule has 2 aromatic heterocycles. The van der Waals surface area contributed by atoms with Gasteiger partial charge >= 0.3 is 0 Å². The van der Waals surface area contributed by atoms with Crippen molar-refractivity contribution in [1.29, 1.82) is 0 Å². The number of hydrogen-bond donors (Lipinski definition) is 0. The molecule has 1 atom stereocenters. The third-order valence-electron chi connectivity index (χ3n) is 5.16. The lowest BCUT2D eigenvalue weighted by Crippen LogP contribution is -2.47. The quantitative estimate of drug-likeness (QED) is 0.668. The molecule has 0 aliphatic carbocycles. The highest BCUT2D eigenvalue weighted by atomic mass is 16.5. The second kappa shape index (κ2) is 7.93. The van der Waals surface area contributed by atoms with Crippen LogP contribution in [-0.2, 0) is 0 Å². The zero-order valence-electron chi connectivity index (χ0n) is 16.4. The first-order valence-electron chi connectivity index (χ1n) is 9.41. The molecule has 1 fully saturated rings. The fourth-order valence-corrected chi connectivity index (χ4v) is 3.40. The van der Waals surface area contributed by atoms with Crippen molar-refractivity contribution < 1.29 is 9.26 Å². The van der Waals surface area contributed by atoms with Gasteiger partial charge in [-0.3, -0.25) is 4.90 Å². The highest BCUT2D eigenvalue weighted by molar-refractivity contribution is 5.59. The molecule has 1 aliphatic rings. The molecule has 1 aromatic carbocycles. The van der Waals surface area contributed by atoms with E-state index in [1.807, 2.05) is 18.2 Å². The van der Waals surface area contributed by atoms with E-state index in [0.717, 1.165) is 37.3 Å². The van der Waals surface area contributed by atoms with Gasteiger partial charge in [0.05, 0.1) is 13.2 Å². The number of aromatic nitrogens is 4. The fourth-order valence-electron chi connectivity index (χ4n) is 3.40. The van der Waals surface area contributed by atoms with Crippen molar-refractivity contribution in [2.45, 2.75) is 19.9 Å². The molecule has 1 aliphatic heterocycles. The Morgan fingerprint density at radius 2 is 1.86 bits per heavy atom. The van der Waals surface area contributed by atoms with Gasteiger partial charge in [-0.25, -0.2) is 4.98 Å². The lowest BCUT2D eigenvalue weighted by atomic mass is 10.1. The molecule has 8 nitrogen and oxygen atoms in total. The third-order valence-corrected chi connectivity index (χ3v) is 5.16. The number of anilines is 1. The second-order valence-electron chi connectivity index (χ2n) is 6.87. The minimum atomic E-state index is 0.0543. The Bertz CT molecular complexity index is 936. The van der Waals surface area contributed by atoms with E-state index in [1.54, 1.807) is 19.4 Å². The second-order valence-corrected chi connectivity index (χ2v) is 6.87. The van der Waals surface area contributed by atoms with Gasteiger partial charge in [-0.05, 0) is 19.4 Å². The van der Waals surface area contributed by atoms with Gasteiger partial charge < -0.3 is 14.2 Å². The number of methoxy groups -OCH3 is 1. The van der Waals surface area contributed by atoms with E-state index in [0.29, 0.717) is 23.5 Å². The highest BCUT2D eigenvalue weighted by Gasteiger charge is 2.27. The van der Waals surface area contributed by atoms with Crippen LogP contribution in [0.1, 0.15) is 24.4 Å². The van der Waals surface area contributed by atoms with Gasteiger partial charge in [-0.1, -0.05) is 29.4 Å². The van der Waals surface area contributed by atoms with Crippen LogP contribution in [0.15, 0.2) is 41.1 Å². The predicted molar refractivity (Wildman–Crippen MR) is 105 cm³/mol. The number of hydrogen-bond acceptors (Lipinski definition) is 8. The van der Waals surface area contributed by atoms with E-state index in [1.165, 1.54) is 0 Å². The van der Waals surface area contributed by atoms with Crippen LogP contribution < -0.4 is 9.64 Å². The summed E-state index contributed by atoms with van der Waals surface area (Å²) in [6, 6.07) is 9.87. The summed E-state index contributed by atoms with van der Waals surface area (Å²) < 4.78 is 10.8. The number of piperazine rings is 1. The summed E-state index contributed by atoms with van der Waals surface area (Å²) in [5.41, 5.74) is 2.14. The Morgan fingerprint density at radius 1 is 1.07 bits per heavy atom. The molecule has 0 saturated carbocycles. The SMILES string of the molecule is COc1ccnc(N2CCN(C(C)c3nc(-c4ccccc4C)no3)CC2)n1. The molecule has 1 unspecified atom stereocenters. The van der Waals surface area contributed by atoms with Crippen LogP contribution in [0.25, 0.3) is 11.4 Å². The van der Waals surface area contributed by atoms with E-state index < -0.39 is 0 Å². The molecule has 3 heterocycles. The number of benzene rings is 1. The predicted octanol–water partition coefficient (Wildman–Crippen LogP) is 2.73. The Balaban J connectivity index is 1.42. The van der Waals surface area contributed by atoms with E-state index in [2.05, 4.69) is 49.8 Å². The molecule has 8 heteroatoms. The molecular weight excluding hydrogens is 356 g/mol. The Hall–Kier alpha value is -3.00. The number of aryl methyl sites for hydroxylation is 1. The molecule has 0 radical (unpaired) electrons. The average Bonchev–Trinajstić information content (AvgIpc) is 3.24. The number of ether oxygens (including phenoxy) is 1. The fraction of sp³-hybridized carbons (Fsp3) is 0.400. The molecule has 1 saturated heterocycles. The molecule has 28 heavy (non-hydrogen) atoms. The number of rotatable bonds is 5. The maximum absolute atomic E-state index is 5.57. The Kier molecular flexibility index (Phi) is 5.21. The zero-order chi connectivity index (χ0) is 19.5. The summed E-state index contributed by atoms with van der Waals surface area (Å²) in [6.45, 7) is 7.54. The summed E-state index contributed by atoms with van der Waals surface area (Å²) in [5, 5.41) is 4.19. The lowest BCUT2D eigenvalue weighted by molar-refractivity contribution is 0.163. The van der Waals surface area contributed by atoms with Crippen molar-refractivity contribution in [1.82, 2.24) is 25.0 Å². The van der Waals surface area contributed by atoms with Crippen LogP contribution in [0, 0.1) is 6.92 Å². The summed E-state index contributed by atoms with van der Waals surface area (Å²) in [4.78, 5) is 17.9. The minimum absolute atomic E-state index is 0.0543. The van der Waals surface area contributed by atoms with Crippen LogP contribution >= 0.6 is 0 Å². The molecule has 146 valence electrons. The van der Waals surface area contributed by atoms with Crippen molar-refractivity contribution in [3.63, 3.8) is 0 Å². The van der Waals surface area contributed by atoms with E-state index >= 15 is 0 Å². The van der Waals surface area contributed by atoms with Crippen LogP contribution in [0.5, 0.6) is 5.88 Å². The van der Waals surface area contributed by atoms with E-state index in [4.69, 9.17) is 9.26 Å². The first kappa shape index (κ1) is 18.4. The van der Waals surface area contributed by atoms with Crippen molar-refractivity contribution in [2.75, 3.05) is 38.2 Å². The van der Waals surface area contributed by atoms with Crippen LogP contribution in [0.4, 0.5) is 5.95 Å². The van der Waals surface area contributed by atoms with Crippen molar-refractivity contribution >= 4 is 5.95 Å². The van der Waals surface area contributed by atoms with Gasteiger partial charge in [0.1, 0.15) is 0 Å². The Morgan fingerprint density at radius 3 is 2.61 bits per heavy atom. The van der Waals surface area contributed by atoms with Crippen molar-refractivity contribution in [2.24, 2.45) is 0 Å². The van der Waals surface area contributed by atoms with Gasteiger partial charge in [0, 0.05) is 44.0 Å². The van der Waals surface area contributed by atoms with Crippen molar-refractivity contribution in [3.8, 4) is 17.3 Å².